The molecule has 2 aromatic rings. The van der Waals surface area contributed by atoms with Crippen molar-refractivity contribution in [3.8, 4) is 0 Å². The van der Waals surface area contributed by atoms with Gasteiger partial charge in [0.05, 0.1) is 5.52 Å². The van der Waals surface area contributed by atoms with Gasteiger partial charge in [-0.2, -0.15) is 0 Å². The van der Waals surface area contributed by atoms with Gasteiger partial charge in [-0.3, -0.25) is 9.88 Å². The summed E-state index contributed by atoms with van der Waals surface area (Å²) in [5, 5.41) is 10.2. The van der Waals surface area contributed by atoms with E-state index in [1.54, 1.807) is 0 Å². The molecule has 0 spiro atoms. The topological polar surface area (TPSA) is 39.6 Å². The van der Waals surface area contributed by atoms with Crippen LogP contribution in [0.5, 0.6) is 0 Å². The zero-order valence-electron chi connectivity index (χ0n) is 14.0. The van der Waals surface area contributed by atoms with E-state index in [-0.39, 0.29) is 6.61 Å². The summed E-state index contributed by atoms with van der Waals surface area (Å²) in [5.41, 5.74) is 2.47. The molecule has 2 heterocycles. The normalized spacial score (nSPS) is 17.2. The number of aromatic nitrogens is 1. The number of pyridine rings is 1. The number of hydrogen-bond acceptors (Lipinski definition) is 4. The Morgan fingerprint density at radius 2 is 2.00 bits per heavy atom. The average Bonchev–Trinajstić information content (AvgIpc) is 2.60. The minimum absolute atomic E-state index is 0.289. The van der Waals surface area contributed by atoms with Crippen LogP contribution in [0, 0.1) is 0 Å². The first-order valence-electron chi connectivity index (χ1n) is 8.64. The summed E-state index contributed by atoms with van der Waals surface area (Å²) < 4.78 is 0. The SMILES string of the molecule is CN(CCCO)C1CCN(Cc2cccc3cccnc23)CC1. The monoisotopic (exact) mass is 313 g/mol. The molecule has 1 N–H and O–H groups in total. The number of rotatable bonds is 6. The van der Waals surface area contributed by atoms with E-state index in [4.69, 9.17) is 5.11 Å². The Balaban J connectivity index is 1.58. The average molecular weight is 313 g/mol. The Morgan fingerprint density at radius 3 is 2.78 bits per heavy atom. The molecule has 1 aliphatic heterocycles. The van der Waals surface area contributed by atoms with Crippen molar-refractivity contribution >= 4 is 10.9 Å². The fraction of sp³-hybridized carbons (Fsp3) is 0.526. The lowest BCUT2D eigenvalue weighted by molar-refractivity contribution is 0.117. The van der Waals surface area contributed by atoms with E-state index in [0.717, 1.165) is 38.1 Å². The molecule has 0 saturated carbocycles. The van der Waals surface area contributed by atoms with Gasteiger partial charge in [-0.1, -0.05) is 24.3 Å². The van der Waals surface area contributed by atoms with E-state index >= 15 is 0 Å². The molecule has 1 fully saturated rings. The van der Waals surface area contributed by atoms with E-state index in [2.05, 4.69) is 46.1 Å². The van der Waals surface area contributed by atoms with E-state index < -0.39 is 0 Å². The molecule has 0 aliphatic carbocycles. The lowest BCUT2D eigenvalue weighted by Gasteiger charge is -2.36. The fourth-order valence-electron chi connectivity index (χ4n) is 3.56. The molecule has 0 amide bonds. The number of fused-ring (bicyclic) bond motifs is 1. The first kappa shape index (κ1) is 16.4. The van der Waals surface area contributed by atoms with Crippen molar-refractivity contribution in [2.24, 2.45) is 0 Å². The highest BCUT2D eigenvalue weighted by atomic mass is 16.3. The summed E-state index contributed by atoms with van der Waals surface area (Å²) in [7, 11) is 2.19. The van der Waals surface area contributed by atoms with Gasteiger partial charge in [0.1, 0.15) is 0 Å². The number of nitrogens with zero attached hydrogens (tertiary/aromatic N) is 3. The van der Waals surface area contributed by atoms with Crippen LogP contribution >= 0.6 is 0 Å². The second-order valence-electron chi connectivity index (χ2n) is 6.56. The molecule has 23 heavy (non-hydrogen) atoms. The number of piperidine rings is 1. The van der Waals surface area contributed by atoms with Crippen LogP contribution in [-0.4, -0.2) is 59.2 Å². The quantitative estimate of drug-likeness (QED) is 0.889. The van der Waals surface area contributed by atoms with Gasteiger partial charge in [-0.25, -0.2) is 0 Å². The Morgan fingerprint density at radius 1 is 1.22 bits per heavy atom. The summed E-state index contributed by atoms with van der Waals surface area (Å²) >= 11 is 0. The number of aliphatic hydroxyl groups is 1. The van der Waals surface area contributed by atoms with E-state index in [0.29, 0.717) is 6.04 Å². The molecule has 3 rings (SSSR count). The molecule has 0 radical (unpaired) electrons. The van der Waals surface area contributed by atoms with Crippen molar-refractivity contribution in [3.63, 3.8) is 0 Å². The van der Waals surface area contributed by atoms with Crippen molar-refractivity contribution < 1.29 is 5.11 Å². The number of hydrogen-bond donors (Lipinski definition) is 1. The van der Waals surface area contributed by atoms with Crippen LogP contribution in [0.1, 0.15) is 24.8 Å². The first-order chi connectivity index (χ1) is 11.3. The number of benzene rings is 1. The summed E-state index contributed by atoms with van der Waals surface area (Å²) in [4.78, 5) is 9.52. The Hall–Kier alpha value is -1.49. The highest BCUT2D eigenvalue weighted by Gasteiger charge is 2.22. The fourth-order valence-corrected chi connectivity index (χ4v) is 3.56. The highest BCUT2D eigenvalue weighted by molar-refractivity contribution is 5.81. The molecular weight excluding hydrogens is 286 g/mol. The minimum atomic E-state index is 0.289. The van der Waals surface area contributed by atoms with Gasteiger partial charge in [-0.15, -0.1) is 0 Å². The summed E-state index contributed by atoms with van der Waals surface area (Å²) in [6, 6.07) is 11.3. The highest BCUT2D eigenvalue weighted by Crippen LogP contribution is 2.21. The summed E-state index contributed by atoms with van der Waals surface area (Å²) in [6.45, 7) is 4.54. The smallest absolute Gasteiger partial charge is 0.0746 e. The van der Waals surface area contributed by atoms with Crippen LogP contribution in [0.15, 0.2) is 36.5 Å². The number of para-hydroxylation sites is 1. The van der Waals surface area contributed by atoms with Crippen molar-refractivity contribution in [1.29, 1.82) is 0 Å². The van der Waals surface area contributed by atoms with E-state index in [1.807, 2.05) is 12.3 Å². The molecule has 0 unspecified atom stereocenters. The molecule has 124 valence electrons. The Labute approximate surface area is 138 Å². The van der Waals surface area contributed by atoms with Crippen molar-refractivity contribution in [2.45, 2.75) is 31.8 Å². The van der Waals surface area contributed by atoms with Crippen LogP contribution in [0.2, 0.25) is 0 Å². The van der Waals surface area contributed by atoms with Gasteiger partial charge < -0.3 is 10.0 Å². The second-order valence-corrected chi connectivity index (χ2v) is 6.56. The van der Waals surface area contributed by atoms with Crippen LogP contribution in [0.3, 0.4) is 0 Å². The predicted octanol–water partition coefficient (Wildman–Crippen LogP) is 2.51. The van der Waals surface area contributed by atoms with Crippen LogP contribution in [-0.2, 0) is 6.54 Å². The molecule has 1 aromatic carbocycles. The number of likely N-dealkylation sites (tertiary alicyclic amines) is 1. The standard InChI is InChI=1S/C19H27N3O/c1-21(11-4-14-23)18-8-12-22(13-9-18)15-17-6-2-5-16-7-3-10-20-19(16)17/h2-3,5-7,10,18,23H,4,8-9,11-15H2,1H3. The Kier molecular flexibility index (Phi) is 5.60. The van der Waals surface area contributed by atoms with Gasteiger partial charge in [0, 0.05) is 37.3 Å². The third kappa shape index (κ3) is 4.08. The molecule has 1 saturated heterocycles. The Bertz CT molecular complexity index is 618. The summed E-state index contributed by atoms with van der Waals surface area (Å²) in [5.74, 6) is 0. The third-order valence-electron chi connectivity index (χ3n) is 4.96. The van der Waals surface area contributed by atoms with Gasteiger partial charge in [0.2, 0.25) is 0 Å². The maximum atomic E-state index is 8.97. The minimum Gasteiger partial charge on any atom is -0.396 e. The molecule has 0 atom stereocenters. The first-order valence-corrected chi connectivity index (χ1v) is 8.64. The zero-order chi connectivity index (χ0) is 16.1. The predicted molar refractivity (Wildman–Crippen MR) is 94.4 cm³/mol. The molecule has 4 heteroatoms. The van der Waals surface area contributed by atoms with Crippen molar-refractivity contribution in [2.75, 3.05) is 33.3 Å². The zero-order valence-corrected chi connectivity index (χ0v) is 14.0. The lowest BCUT2D eigenvalue weighted by Crippen LogP contribution is -2.43. The van der Waals surface area contributed by atoms with E-state index in [9.17, 15) is 0 Å². The molecule has 4 nitrogen and oxygen atoms in total. The molecule has 1 aliphatic rings. The molecule has 1 aromatic heterocycles. The van der Waals surface area contributed by atoms with Crippen molar-refractivity contribution in [3.05, 3.63) is 42.1 Å². The maximum Gasteiger partial charge on any atom is 0.0746 e. The van der Waals surface area contributed by atoms with E-state index in [1.165, 1.54) is 23.8 Å². The second kappa shape index (κ2) is 7.86. The van der Waals surface area contributed by atoms with Gasteiger partial charge >= 0.3 is 0 Å². The van der Waals surface area contributed by atoms with Crippen LogP contribution in [0.4, 0.5) is 0 Å². The van der Waals surface area contributed by atoms with Crippen LogP contribution < -0.4 is 0 Å². The molecule has 0 bridgehead atoms. The summed E-state index contributed by atoms with van der Waals surface area (Å²) in [6.07, 6.45) is 5.17. The molecular formula is C19H27N3O. The van der Waals surface area contributed by atoms with Crippen LogP contribution in [0.25, 0.3) is 10.9 Å². The number of aliphatic hydroxyl groups excluding tert-OH is 1. The largest absolute Gasteiger partial charge is 0.396 e. The van der Waals surface area contributed by atoms with Crippen molar-refractivity contribution in [1.82, 2.24) is 14.8 Å². The maximum absolute atomic E-state index is 8.97. The van der Waals surface area contributed by atoms with Gasteiger partial charge in [0.25, 0.3) is 0 Å². The van der Waals surface area contributed by atoms with Gasteiger partial charge in [-0.05, 0) is 51.0 Å². The van der Waals surface area contributed by atoms with Gasteiger partial charge in [0.15, 0.2) is 0 Å². The third-order valence-corrected chi connectivity index (χ3v) is 4.96. The lowest BCUT2D eigenvalue weighted by atomic mass is 10.0.